The van der Waals surface area contributed by atoms with Crippen LogP contribution in [0.1, 0.15) is 44.9 Å². The molecule has 8 heteroatoms. The number of hydrogen-bond acceptors (Lipinski definition) is 6. The fraction of sp³-hybridized carbons (Fsp3) is 0.412. The molecule has 0 aliphatic rings. The third kappa shape index (κ3) is 3.68. The van der Waals surface area contributed by atoms with Gasteiger partial charge in [0.15, 0.2) is 10.9 Å². The average molecular weight is 362 g/mol. The number of esters is 1. The number of carbonyl (C=O) groups excluding carboxylic acids is 2. The SMILES string of the molecule is C=CCn1c(C)nnc1S[C@H](C)C(=O)c1[nH]c(C)c(C(=O)OC)c1C. The summed E-state index contributed by atoms with van der Waals surface area (Å²) >= 11 is 1.33. The summed E-state index contributed by atoms with van der Waals surface area (Å²) in [6.45, 7) is 11.5. The molecule has 2 rings (SSSR count). The van der Waals surface area contributed by atoms with Crippen LogP contribution in [-0.4, -0.2) is 43.9 Å². The maximum Gasteiger partial charge on any atom is 0.339 e. The van der Waals surface area contributed by atoms with Crippen LogP contribution in [0.2, 0.25) is 0 Å². The minimum atomic E-state index is -0.452. The van der Waals surface area contributed by atoms with Gasteiger partial charge in [-0.05, 0) is 33.3 Å². The van der Waals surface area contributed by atoms with Crippen LogP contribution in [0.5, 0.6) is 0 Å². The number of thioether (sulfide) groups is 1. The lowest BCUT2D eigenvalue weighted by atomic mass is 10.1. The molecule has 1 N–H and O–H groups in total. The van der Waals surface area contributed by atoms with Gasteiger partial charge in [-0.15, -0.1) is 16.8 Å². The van der Waals surface area contributed by atoms with Crippen molar-refractivity contribution in [2.75, 3.05) is 7.11 Å². The average Bonchev–Trinajstić information content (AvgIpc) is 3.07. The summed E-state index contributed by atoms with van der Waals surface area (Å²) in [5.41, 5.74) is 2.05. The van der Waals surface area contributed by atoms with Gasteiger partial charge in [-0.1, -0.05) is 17.8 Å². The number of carbonyl (C=O) groups is 2. The van der Waals surface area contributed by atoms with E-state index in [9.17, 15) is 9.59 Å². The monoisotopic (exact) mass is 362 g/mol. The summed E-state index contributed by atoms with van der Waals surface area (Å²) in [4.78, 5) is 27.7. The Kier molecular flexibility index (Phi) is 5.84. The predicted octanol–water partition coefficient (Wildman–Crippen LogP) is 2.87. The van der Waals surface area contributed by atoms with E-state index in [1.807, 2.05) is 18.4 Å². The number of nitrogens with one attached hydrogen (secondary N) is 1. The predicted molar refractivity (Wildman–Crippen MR) is 96.2 cm³/mol. The summed E-state index contributed by atoms with van der Waals surface area (Å²) in [7, 11) is 1.32. The highest BCUT2D eigenvalue weighted by atomic mass is 32.2. The van der Waals surface area contributed by atoms with Gasteiger partial charge in [-0.2, -0.15) is 0 Å². The molecule has 1 atom stereocenters. The molecule has 7 nitrogen and oxygen atoms in total. The number of aryl methyl sites for hydroxylation is 2. The Morgan fingerprint density at radius 3 is 2.64 bits per heavy atom. The Bertz CT molecular complexity index is 822. The molecule has 0 aliphatic carbocycles. The number of aromatic nitrogens is 4. The number of aromatic amines is 1. The van der Waals surface area contributed by atoms with Gasteiger partial charge in [0.05, 0.1) is 23.6 Å². The fourth-order valence-electron chi connectivity index (χ4n) is 2.61. The van der Waals surface area contributed by atoms with E-state index in [0.717, 1.165) is 5.82 Å². The Morgan fingerprint density at radius 2 is 2.04 bits per heavy atom. The van der Waals surface area contributed by atoms with E-state index in [1.165, 1.54) is 18.9 Å². The molecule has 25 heavy (non-hydrogen) atoms. The van der Waals surface area contributed by atoms with Gasteiger partial charge in [0, 0.05) is 12.2 Å². The van der Waals surface area contributed by atoms with Crippen molar-refractivity contribution in [2.45, 2.75) is 44.6 Å². The molecule has 2 heterocycles. The summed E-state index contributed by atoms with van der Waals surface area (Å²) in [5.74, 6) is 0.209. The van der Waals surface area contributed by atoms with Crippen LogP contribution in [0.3, 0.4) is 0 Å². The van der Waals surface area contributed by atoms with Crippen LogP contribution in [0.15, 0.2) is 17.8 Å². The van der Waals surface area contributed by atoms with Gasteiger partial charge in [0.2, 0.25) is 0 Å². The summed E-state index contributed by atoms with van der Waals surface area (Å²) in [6, 6.07) is 0. The molecule has 0 amide bonds. The Labute approximate surface area is 150 Å². The highest BCUT2D eigenvalue weighted by Gasteiger charge is 2.27. The van der Waals surface area contributed by atoms with E-state index < -0.39 is 11.2 Å². The lowest BCUT2D eigenvalue weighted by Gasteiger charge is -2.11. The van der Waals surface area contributed by atoms with Gasteiger partial charge in [0.25, 0.3) is 0 Å². The maximum atomic E-state index is 12.8. The smallest absolute Gasteiger partial charge is 0.339 e. The summed E-state index contributed by atoms with van der Waals surface area (Å²) in [6.07, 6.45) is 1.76. The molecular formula is C17H22N4O3S. The van der Waals surface area contributed by atoms with Crippen molar-refractivity contribution in [2.24, 2.45) is 0 Å². The van der Waals surface area contributed by atoms with E-state index in [1.54, 1.807) is 19.9 Å². The first-order valence-corrected chi connectivity index (χ1v) is 8.68. The lowest BCUT2D eigenvalue weighted by molar-refractivity contribution is 0.0599. The topological polar surface area (TPSA) is 89.9 Å². The molecule has 0 spiro atoms. The number of nitrogens with zero attached hydrogens (tertiary/aromatic N) is 3. The highest BCUT2D eigenvalue weighted by Crippen LogP contribution is 2.27. The highest BCUT2D eigenvalue weighted by molar-refractivity contribution is 8.00. The zero-order valence-corrected chi connectivity index (χ0v) is 15.9. The normalized spacial score (nSPS) is 12.0. The van der Waals surface area contributed by atoms with Crippen LogP contribution in [0, 0.1) is 20.8 Å². The second kappa shape index (κ2) is 7.69. The van der Waals surface area contributed by atoms with Gasteiger partial charge in [0.1, 0.15) is 5.82 Å². The van der Waals surface area contributed by atoms with Crippen LogP contribution >= 0.6 is 11.8 Å². The molecule has 0 saturated carbocycles. The van der Waals surface area contributed by atoms with E-state index >= 15 is 0 Å². The molecule has 0 radical (unpaired) electrons. The molecular weight excluding hydrogens is 340 g/mol. The van der Waals surface area contributed by atoms with Crippen molar-refractivity contribution in [1.29, 1.82) is 0 Å². The Hall–Kier alpha value is -2.35. The molecule has 134 valence electrons. The number of ether oxygens (including phenoxy) is 1. The summed E-state index contributed by atoms with van der Waals surface area (Å²) < 4.78 is 6.68. The minimum Gasteiger partial charge on any atom is -0.465 e. The number of Topliss-reactive ketones (excluding diaryl/α,β-unsaturated/α-hetero) is 1. The van der Waals surface area contributed by atoms with E-state index in [-0.39, 0.29) is 5.78 Å². The Morgan fingerprint density at radius 1 is 1.36 bits per heavy atom. The first-order chi connectivity index (χ1) is 11.8. The molecule has 0 unspecified atom stereocenters. The number of hydrogen-bond donors (Lipinski definition) is 1. The third-order valence-corrected chi connectivity index (χ3v) is 5.02. The Balaban J connectivity index is 2.27. The van der Waals surface area contributed by atoms with Crippen molar-refractivity contribution < 1.29 is 14.3 Å². The number of rotatable bonds is 7. The van der Waals surface area contributed by atoms with Crippen molar-refractivity contribution in [3.63, 3.8) is 0 Å². The number of H-pyrrole nitrogens is 1. The quantitative estimate of drug-likeness (QED) is 0.352. The largest absolute Gasteiger partial charge is 0.465 e. The van der Waals surface area contributed by atoms with Gasteiger partial charge in [-0.3, -0.25) is 4.79 Å². The lowest BCUT2D eigenvalue weighted by Crippen LogP contribution is -2.16. The van der Waals surface area contributed by atoms with Gasteiger partial charge in [-0.25, -0.2) is 4.79 Å². The van der Waals surface area contributed by atoms with Gasteiger partial charge < -0.3 is 14.3 Å². The van der Waals surface area contributed by atoms with Crippen LogP contribution < -0.4 is 0 Å². The zero-order chi connectivity index (χ0) is 18.7. The van der Waals surface area contributed by atoms with Crippen molar-refractivity contribution in [1.82, 2.24) is 19.7 Å². The van der Waals surface area contributed by atoms with Crippen LogP contribution in [0.4, 0.5) is 0 Å². The third-order valence-electron chi connectivity index (χ3n) is 3.94. The maximum absolute atomic E-state index is 12.8. The number of ketones is 1. The molecule has 2 aromatic heterocycles. The van der Waals surface area contributed by atoms with Crippen LogP contribution in [-0.2, 0) is 11.3 Å². The van der Waals surface area contributed by atoms with E-state index in [2.05, 4.69) is 21.8 Å². The first kappa shape index (κ1) is 19.0. The standard InChI is InChI=1S/C17H22N4O3S/c1-7-8-21-12(5)19-20-17(21)25-11(4)15(22)14-9(2)13(10(3)18-14)16(23)24-6/h7,11,18H,1,8H2,2-6H3/t11-/m1/s1. The molecule has 0 aliphatic heterocycles. The van der Waals surface area contributed by atoms with Crippen molar-refractivity contribution in [3.8, 4) is 0 Å². The summed E-state index contributed by atoms with van der Waals surface area (Å²) in [5, 5.41) is 8.45. The van der Waals surface area contributed by atoms with E-state index in [0.29, 0.717) is 34.2 Å². The first-order valence-electron chi connectivity index (χ1n) is 7.80. The second-order valence-electron chi connectivity index (χ2n) is 5.67. The molecule has 0 saturated heterocycles. The van der Waals surface area contributed by atoms with Gasteiger partial charge >= 0.3 is 5.97 Å². The van der Waals surface area contributed by atoms with E-state index in [4.69, 9.17) is 4.74 Å². The molecule has 0 aromatic carbocycles. The minimum absolute atomic E-state index is 0.105. The zero-order valence-electron chi connectivity index (χ0n) is 15.0. The second-order valence-corrected chi connectivity index (χ2v) is 6.98. The molecule has 2 aromatic rings. The van der Waals surface area contributed by atoms with Crippen LogP contribution in [0.25, 0.3) is 0 Å². The number of methoxy groups -OCH3 is 1. The van der Waals surface area contributed by atoms with Crippen molar-refractivity contribution in [3.05, 3.63) is 41.0 Å². The molecule has 0 fully saturated rings. The molecule has 0 bridgehead atoms. The number of allylic oxidation sites excluding steroid dienone is 1. The van der Waals surface area contributed by atoms with Crippen molar-refractivity contribution >= 4 is 23.5 Å². The fourth-order valence-corrected chi connectivity index (χ4v) is 3.57.